The van der Waals surface area contributed by atoms with Crippen LogP contribution in [0, 0.1) is 11.3 Å². The summed E-state index contributed by atoms with van der Waals surface area (Å²) in [7, 11) is 0. The van der Waals surface area contributed by atoms with Crippen molar-refractivity contribution in [2.75, 3.05) is 62.6 Å². The molecule has 3 saturated heterocycles. The van der Waals surface area contributed by atoms with Crippen LogP contribution in [0.4, 0.5) is 11.4 Å². The zero-order valence-corrected chi connectivity index (χ0v) is 20.9. The second kappa shape index (κ2) is 10.8. The number of benzene rings is 2. The van der Waals surface area contributed by atoms with Gasteiger partial charge in [-0.25, -0.2) is 0 Å². The molecule has 37 heavy (non-hydrogen) atoms. The third-order valence-electron chi connectivity index (χ3n) is 7.44. The number of rotatable bonds is 6. The molecule has 0 saturated carbocycles. The molecule has 0 atom stereocenters. The van der Waals surface area contributed by atoms with Crippen LogP contribution in [0.3, 0.4) is 0 Å². The number of hydrogen-bond donors (Lipinski definition) is 1. The standard InChI is InChI=1S/C28H32N6O3/c29-18-22-3-6-24(17-28(22)37-26-8-15-35-16-9-26)34-30-10-7-27(31-34)21-1-4-23(5-2-21)32-11-13-33(14-12-32)25-19-36-20-25/h1-7,10,17,25-26,31H,8-9,11-16,19-20H2. The van der Waals surface area contributed by atoms with Crippen LogP contribution >= 0.6 is 0 Å². The molecule has 0 spiro atoms. The van der Waals surface area contributed by atoms with Gasteiger partial charge in [-0.15, -0.1) is 0 Å². The Bertz CT molecular complexity index is 1190. The Morgan fingerprint density at radius 1 is 0.946 bits per heavy atom. The van der Waals surface area contributed by atoms with Crippen molar-refractivity contribution >= 4 is 23.3 Å². The Balaban J connectivity index is 1.11. The van der Waals surface area contributed by atoms with E-state index in [0.717, 1.165) is 69.2 Å². The van der Waals surface area contributed by atoms with E-state index >= 15 is 0 Å². The highest BCUT2D eigenvalue weighted by Crippen LogP contribution is 2.29. The molecule has 4 heterocycles. The molecule has 0 unspecified atom stereocenters. The first-order valence-corrected chi connectivity index (χ1v) is 13.0. The van der Waals surface area contributed by atoms with Crippen LogP contribution < -0.4 is 20.2 Å². The summed E-state index contributed by atoms with van der Waals surface area (Å²) in [5.41, 5.74) is 7.99. The molecule has 0 amide bonds. The van der Waals surface area contributed by atoms with Crippen molar-refractivity contribution in [1.82, 2.24) is 10.3 Å². The van der Waals surface area contributed by atoms with Crippen LogP contribution in [0.5, 0.6) is 5.75 Å². The third-order valence-corrected chi connectivity index (χ3v) is 7.44. The molecule has 2 aromatic rings. The van der Waals surface area contributed by atoms with Crippen molar-refractivity contribution in [2.24, 2.45) is 5.10 Å². The lowest BCUT2D eigenvalue weighted by molar-refractivity contribution is -0.0660. The third kappa shape index (κ3) is 5.27. The van der Waals surface area contributed by atoms with Gasteiger partial charge in [0.25, 0.3) is 0 Å². The summed E-state index contributed by atoms with van der Waals surface area (Å²) in [6.07, 6.45) is 5.44. The number of nitrogens with zero attached hydrogens (tertiary/aromatic N) is 5. The second-order valence-corrected chi connectivity index (χ2v) is 9.75. The lowest BCUT2D eigenvalue weighted by atomic mass is 10.1. The minimum absolute atomic E-state index is 0.0538. The van der Waals surface area contributed by atoms with Crippen LogP contribution in [0.2, 0.25) is 0 Å². The molecule has 9 nitrogen and oxygen atoms in total. The maximum atomic E-state index is 9.57. The van der Waals surface area contributed by atoms with Gasteiger partial charge in [0.1, 0.15) is 17.9 Å². The number of nitriles is 1. The highest BCUT2D eigenvalue weighted by Gasteiger charge is 2.29. The normalized spacial score (nSPS) is 21.1. The van der Waals surface area contributed by atoms with Gasteiger partial charge in [0.15, 0.2) is 0 Å². The highest BCUT2D eigenvalue weighted by atomic mass is 16.5. The van der Waals surface area contributed by atoms with Gasteiger partial charge >= 0.3 is 0 Å². The minimum Gasteiger partial charge on any atom is -0.489 e. The molecule has 4 aliphatic heterocycles. The molecule has 0 radical (unpaired) electrons. The van der Waals surface area contributed by atoms with E-state index in [1.165, 1.54) is 5.69 Å². The van der Waals surface area contributed by atoms with Crippen LogP contribution in [0.15, 0.2) is 53.6 Å². The Kier molecular flexibility index (Phi) is 6.95. The topological polar surface area (TPSA) is 85.6 Å². The molecule has 0 aromatic heterocycles. The van der Waals surface area contributed by atoms with E-state index in [2.05, 4.69) is 50.7 Å². The molecule has 4 aliphatic rings. The summed E-state index contributed by atoms with van der Waals surface area (Å²) in [5.74, 6) is 0.578. The quantitative estimate of drug-likeness (QED) is 0.648. The van der Waals surface area contributed by atoms with Crippen molar-refractivity contribution in [3.8, 4) is 11.8 Å². The molecule has 9 heteroatoms. The number of ether oxygens (including phenoxy) is 3. The van der Waals surface area contributed by atoms with Crippen molar-refractivity contribution in [1.29, 1.82) is 5.26 Å². The number of nitrogens with one attached hydrogen (secondary N) is 1. The van der Waals surface area contributed by atoms with Crippen LogP contribution in [-0.2, 0) is 9.47 Å². The lowest BCUT2D eigenvalue weighted by Gasteiger charge is -2.43. The van der Waals surface area contributed by atoms with Crippen molar-refractivity contribution in [3.05, 3.63) is 59.7 Å². The maximum Gasteiger partial charge on any atom is 0.139 e. The van der Waals surface area contributed by atoms with Crippen LogP contribution in [-0.4, -0.2) is 75.9 Å². The Hall–Kier alpha value is -3.58. The van der Waals surface area contributed by atoms with Gasteiger partial charge in [-0.3, -0.25) is 10.3 Å². The predicted molar refractivity (Wildman–Crippen MR) is 143 cm³/mol. The van der Waals surface area contributed by atoms with E-state index in [0.29, 0.717) is 30.6 Å². The average molecular weight is 501 g/mol. The monoisotopic (exact) mass is 500 g/mol. The average Bonchev–Trinajstić information content (AvgIpc) is 2.93. The minimum atomic E-state index is 0.0538. The fraction of sp³-hybridized carbons (Fsp3) is 0.429. The summed E-state index contributed by atoms with van der Waals surface area (Å²) < 4.78 is 17.0. The predicted octanol–water partition coefficient (Wildman–Crippen LogP) is 2.99. The molecular weight excluding hydrogens is 468 g/mol. The summed E-state index contributed by atoms with van der Waals surface area (Å²) in [5, 5.41) is 15.8. The maximum absolute atomic E-state index is 9.57. The van der Waals surface area contributed by atoms with Gasteiger partial charge in [-0.1, -0.05) is 12.1 Å². The van der Waals surface area contributed by atoms with Crippen molar-refractivity contribution in [3.63, 3.8) is 0 Å². The van der Waals surface area contributed by atoms with Crippen molar-refractivity contribution < 1.29 is 14.2 Å². The van der Waals surface area contributed by atoms with E-state index < -0.39 is 0 Å². The van der Waals surface area contributed by atoms with E-state index in [4.69, 9.17) is 14.2 Å². The Morgan fingerprint density at radius 2 is 1.70 bits per heavy atom. The van der Waals surface area contributed by atoms with Gasteiger partial charge in [-0.2, -0.15) is 15.5 Å². The molecule has 0 bridgehead atoms. The zero-order chi connectivity index (χ0) is 25.0. The first kappa shape index (κ1) is 23.8. The lowest BCUT2D eigenvalue weighted by Crippen LogP contribution is -2.56. The van der Waals surface area contributed by atoms with E-state index in [-0.39, 0.29) is 6.10 Å². The molecule has 2 aromatic carbocycles. The van der Waals surface area contributed by atoms with Gasteiger partial charge in [0.05, 0.1) is 55.6 Å². The number of piperazine rings is 1. The fourth-order valence-electron chi connectivity index (χ4n) is 5.08. The zero-order valence-electron chi connectivity index (χ0n) is 20.9. The van der Waals surface area contributed by atoms with Gasteiger partial charge in [-0.05, 0) is 35.9 Å². The first-order chi connectivity index (χ1) is 18.3. The summed E-state index contributed by atoms with van der Waals surface area (Å²) >= 11 is 0. The van der Waals surface area contributed by atoms with E-state index in [1.54, 1.807) is 17.4 Å². The van der Waals surface area contributed by atoms with E-state index in [1.807, 2.05) is 18.2 Å². The van der Waals surface area contributed by atoms with Crippen LogP contribution in [0.25, 0.3) is 5.70 Å². The molecule has 6 rings (SSSR count). The smallest absolute Gasteiger partial charge is 0.139 e. The van der Waals surface area contributed by atoms with Crippen LogP contribution in [0.1, 0.15) is 24.0 Å². The number of allylic oxidation sites excluding steroid dienone is 1. The Morgan fingerprint density at radius 3 is 2.41 bits per heavy atom. The number of hydrazone groups is 1. The summed E-state index contributed by atoms with van der Waals surface area (Å²) in [4.78, 5) is 5.00. The largest absolute Gasteiger partial charge is 0.489 e. The van der Waals surface area contributed by atoms with E-state index in [9.17, 15) is 5.26 Å². The summed E-state index contributed by atoms with van der Waals surface area (Å²) in [6, 6.07) is 17.1. The molecule has 0 aliphatic carbocycles. The number of anilines is 2. The molecular formula is C28H32N6O3. The number of hydrazine groups is 1. The second-order valence-electron chi connectivity index (χ2n) is 9.75. The molecule has 1 N–H and O–H groups in total. The molecule has 3 fully saturated rings. The fourth-order valence-corrected chi connectivity index (χ4v) is 5.08. The van der Waals surface area contributed by atoms with Crippen molar-refractivity contribution in [2.45, 2.75) is 25.0 Å². The van der Waals surface area contributed by atoms with Gasteiger partial charge in [0.2, 0.25) is 0 Å². The van der Waals surface area contributed by atoms with Gasteiger partial charge < -0.3 is 19.1 Å². The van der Waals surface area contributed by atoms with Gasteiger partial charge in [0, 0.05) is 50.8 Å². The Labute approximate surface area is 217 Å². The SMILES string of the molecule is N#Cc1ccc(N2N=CC=C(c3ccc(N4CCN(C5COC5)CC4)cc3)N2)cc1OC1CCOCC1. The highest BCUT2D eigenvalue weighted by molar-refractivity contribution is 5.87. The molecule has 192 valence electrons. The first-order valence-electron chi connectivity index (χ1n) is 13.0. The summed E-state index contributed by atoms with van der Waals surface area (Å²) in [6.45, 7) is 7.36. The number of hydrogen-bond acceptors (Lipinski definition) is 9.